The Labute approximate surface area is 911 Å². The Kier molecular flexibility index (Phi) is 62.2. The molecule has 21 heterocycles. The predicted octanol–water partition coefficient (Wildman–Crippen LogP) is -34.2. The van der Waals surface area contributed by atoms with Gasteiger partial charge in [0.1, 0.15) is 128 Å². The molecule has 0 aliphatic carbocycles. The van der Waals surface area contributed by atoms with Crippen LogP contribution in [0.15, 0.2) is 0 Å². The third kappa shape index (κ3) is 41.9. The van der Waals surface area contributed by atoms with Crippen molar-refractivity contribution >= 4 is 153 Å². The van der Waals surface area contributed by atoms with Crippen LogP contribution in [0.4, 0.5) is 0 Å². The summed E-state index contributed by atoms with van der Waals surface area (Å²) in [6.45, 7) is 0. The number of hydrogen-bond donors (Lipinski definition) is 14. The molecule has 35 atom stereocenters. The number of aliphatic hydroxyl groups excluding tert-OH is 14. The molecule has 0 radical (unpaired) electrons. The summed E-state index contributed by atoms with van der Waals surface area (Å²) in [7, 11) is -34.7. The molecule has 126 heavy (non-hydrogen) atoms. The molecule has 70 heteroatoms. The first-order chi connectivity index (χ1) is 55.2. The zero-order valence-electron chi connectivity index (χ0n) is 68.3. The monoisotopic (exact) mass is 2160 g/mol. The van der Waals surface area contributed by atoms with Gasteiger partial charge >= 0.3 is 207 Å². The van der Waals surface area contributed by atoms with Crippen molar-refractivity contribution in [3.63, 3.8) is 0 Å². The van der Waals surface area contributed by atoms with Crippen LogP contribution in [0.5, 0.6) is 0 Å². The van der Waals surface area contributed by atoms with E-state index in [1.54, 1.807) is 0 Å². The molecule has 0 saturated carbocycles. The molecule has 0 amide bonds. The van der Waals surface area contributed by atoms with E-state index in [0.29, 0.717) is 82.3 Å². The number of hydrogen-bond acceptors (Lipinski definition) is 56. The number of rotatable bonds is 35. The van der Waals surface area contributed by atoms with Crippen molar-refractivity contribution in [2.45, 2.75) is 215 Å². The molecular formula is C56H91Na7O49S14. The Balaban J connectivity index is 0.0000113. The van der Waals surface area contributed by atoms with Crippen LogP contribution < -0.4 is 207 Å². The summed E-state index contributed by atoms with van der Waals surface area (Å²) >= 11 is 4.23. The fourth-order valence-electron chi connectivity index (χ4n) is 12.8. The molecule has 21 fully saturated rings. The second kappa shape index (κ2) is 59.5. The van der Waals surface area contributed by atoms with Crippen LogP contribution in [0, 0.1) is 0 Å². The van der Waals surface area contributed by atoms with E-state index in [-0.39, 0.29) is 207 Å². The van der Waals surface area contributed by atoms with Crippen LogP contribution in [-0.2, 0) is 137 Å². The average Bonchev–Trinajstić information content (AvgIpc) is 0.781. The van der Waals surface area contributed by atoms with E-state index in [9.17, 15) is 162 Å². The smallest absolute Gasteiger partial charge is 0.748 e. The van der Waals surface area contributed by atoms with E-state index in [1.165, 1.54) is 0 Å². The quantitative estimate of drug-likeness (QED) is 0.0159. The summed E-state index contributed by atoms with van der Waals surface area (Å²) < 4.78 is 333. The van der Waals surface area contributed by atoms with Crippen LogP contribution in [-0.4, -0.2) is 498 Å². The average molecular weight is 2160 g/mol. The standard InChI is InChI=1S/C56H98O49S14.7Na/c57-29-36(64)50-92-22(15-106-1-8-113(71,72)73)43(29)99-51-37(65)30(58)45(24(93-51)17-108-3-10-115(77,78)79)101-53-39(67)32(60)47(26(95-53)19-110-5-12-117(83,84)85)103-55-41(69)34(62)49(28(97-55)21-112-7-14-119(89,90)91)105-56-42(70)35(63)48(27(98-56)20-111-6-13-118(86,87)88)104-54-40(68)33(61)46(25(96-54)18-109-4-11-116(80,81)82)102-52-38(66)31(59)44(100-50)23(94-52)16-107-2-9-114(74,75)76;;;;;;;/h22-70H,1-21H2,(H,71,72,73)(H,74,75,76)(H,77,78,79)(H,80,81,82)(H,83,84,85)(H,86,87,88)(H,89,90,91);;;;;;;/q;7*+1/p-7/t22-,23-,24-,25-,26-,27-,28-,29-,30-,31-,32-,33-,34-,35-,36-,37-,38-,39-,40-,41-,42-,43-,44-,45-,46-,47-,48-,49-,50-,51-,52-,53-,54-,55-,56-;;;;;;;/m1......./s1. The van der Waals surface area contributed by atoms with Gasteiger partial charge in [0.05, 0.1) is 114 Å². The Hall–Kier alpha value is 7.70. The van der Waals surface area contributed by atoms with Crippen molar-refractivity contribution in [2.24, 2.45) is 0 Å². The molecule has 0 spiro atoms. The third-order valence-electron chi connectivity index (χ3n) is 18.8. The van der Waals surface area contributed by atoms with E-state index in [2.05, 4.69) is 0 Å². The normalized spacial score (nSPS) is 38.7. The number of ether oxygens (including phenoxy) is 14. The molecule has 21 aliphatic rings. The van der Waals surface area contributed by atoms with E-state index in [4.69, 9.17) is 66.3 Å². The maximum Gasteiger partial charge on any atom is 1.00 e. The summed E-state index contributed by atoms with van der Waals surface area (Å²) in [4.78, 5) is 0. The third-order valence-corrected chi connectivity index (χ3v) is 33.0. The first kappa shape index (κ1) is 132. The Bertz CT molecular complexity index is 3340. The van der Waals surface area contributed by atoms with Crippen LogP contribution in [0.3, 0.4) is 0 Å². The molecule has 0 aromatic carbocycles. The predicted molar refractivity (Wildman–Crippen MR) is 402 cm³/mol. The van der Waals surface area contributed by atoms with Gasteiger partial charge < -0.3 is 170 Å². The van der Waals surface area contributed by atoms with Crippen LogP contribution in [0.1, 0.15) is 0 Å². The molecular weight excluding hydrogens is 2070 g/mol. The van der Waals surface area contributed by atoms with E-state index in [0.717, 1.165) is 0 Å². The van der Waals surface area contributed by atoms with E-state index in [1.807, 2.05) is 0 Å². The van der Waals surface area contributed by atoms with Gasteiger partial charge in [-0.1, -0.05) is 0 Å². The molecule has 0 unspecified atom stereocenters. The van der Waals surface area contributed by atoms with Crippen molar-refractivity contribution in [3.8, 4) is 0 Å². The van der Waals surface area contributed by atoms with Crippen molar-refractivity contribution in [1.29, 1.82) is 0 Å². The minimum atomic E-state index is -4.96. The first-order valence-corrected chi connectivity index (χ1v) is 54.6. The fourth-order valence-corrected chi connectivity index (χ4v) is 26.5. The van der Waals surface area contributed by atoms with Gasteiger partial charge in [0.2, 0.25) is 0 Å². The van der Waals surface area contributed by atoms with Gasteiger partial charge in [0.25, 0.3) is 0 Å². The fraction of sp³-hybridized carbons (Fsp3) is 1.00. The minimum absolute atomic E-state index is 0. The largest absolute Gasteiger partial charge is 1.00 e. The van der Waals surface area contributed by atoms with E-state index < -0.39 is 407 Å². The van der Waals surface area contributed by atoms with Gasteiger partial charge in [-0.15, -0.1) is 0 Å². The Morgan fingerprint density at radius 3 is 0.357 bits per heavy atom. The Morgan fingerprint density at radius 2 is 0.270 bits per heavy atom. The summed E-state index contributed by atoms with van der Waals surface area (Å²) in [5.74, 6) is -15.5. The molecule has 21 aliphatic heterocycles. The van der Waals surface area contributed by atoms with E-state index >= 15 is 0 Å². The molecule has 700 valence electrons. The second-order valence-corrected chi connectivity index (χ2v) is 46.4. The second-order valence-electron chi connectivity index (χ2n) is 27.7. The van der Waals surface area contributed by atoms with Crippen LogP contribution in [0.2, 0.25) is 0 Å². The molecule has 21 rings (SSSR count). The summed E-state index contributed by atoms with van der Waals surface area (Å²) in [5, 5.41) is 169. The number of thioether (sulfide) groups is 7. The van der Waals surface area contributed by atoms with Gasteiger partial charge in [0, 0.05) is 121 Å². The van der Waals surface area contributed by atoms with Crippen molar-refractivity contribution < 1.29 is 436 Å². The molecule has 21 saturated heterocycles. The minimum Gasteiger partial charge on any atom is -0.748 e. The molecule has 49 nitrogen and oxygen atoms in total. The van der Waals surface area contributed by atoms with Gasteiger partial charge in [-0.05, 0) is 0 Å². The zero-order chi connectivity index (χ0) is 88.4. The van der Waals surface area contributed by atoms with Crippen molar-refractivity contribution in [3.05, 3.63) is 0 Å². The zero-order valence-corrected chi connectivity index (χ0v) is 93.8. The van der Waals surface area contributed by atoms with Gasteiger partial charge in [0.15, 0.2) is 44.0 Å². The maximum atomic E-state index is 12.1. The number of aliphatic hydroxyl groups is 14. The molecule has 0 aromatic rings. The van der Waals surface area contributed by atoms with Gasteiger partial charge in [-0.25, -0.2) is 58.9 Å². The van der Waals surface area contributed by atoms with Crippen LogP contribution >= 0.6 is 82.3 Å². The van der Waals surface area contributed by atoms with Gasteiger partial charge in [-0.3, -0.25) is 0 Å². The van der Waals surface area contributed by atoms with Crippen LogP contribution in [0.25, 0.3) is 0 Å². The van der Waals surface area contributed by atoms with Crippen molar-refractivity contribution in [1.82, 2.24) is 0 Å². The molecule has 14 bridgehead atoms. The Morgan fingerprint density at radius 1 is 0.175 bits per heavy atom. The summed E-state index contributed by atoms with van der Waals surface area (Å²) in [5.41, 5.74) is 0. The molecule has 0 aromatic heterocycles. The summed E-state index contributed by atoms with van der Waals surface area (Å²) in [6, 6.07) is 0. The molecule has 14 N–H and O–H groups in total. The maximum absolute atomic E-state index is 12.1. The summed E-state index contributed by atoms with van der Waals surface area (Å²) in [6.07, 6.45) is -78.2. The topological polar surface area (TPSA) is 813 Å². The first-order valence-electron chi connectivity index (χ1n) is 35.5. The van der Waals surface area contributed by atoms with Crippen molar-refractivity contribution in [2.75, 3.05) is 121 Å². The van der Waals surface area contributed by atoms with Gasteiger partial charge in [-0.2, -0.15) is 82.3 Å². The SMILES string of the molecule is O=S(=O)([O-])CCSC[C@H]1O[C@@H]2O[C@H]3[C@H](O)[C@@H](O)[C@@H](O[C@H]4[C@H](O)[C@@H](O)[C@@H](O[C@H]5[C@H](O)[C@@H](O)[C@@H](O[C@H]6[C@H](O)[C@@H](O)[C@@H](O[C@H]7[C@H](O)[C@@H](O)[C@@H](O[C@H]8[C@H](O)[C@@H](O)[C@@H](O[C@H]1[C@H](O)[C@H]2O)O[C@@H]8CSCCS(=O)(=O)[O-])O[C@@H]7CSCCS(=O)(=O)[O-])O[C@@H]6CSCCS(=O)(=O)[O-])O[C@@H]5CSCCS(=O)(=O)[O-])O[C@@H]4CSCCS(=O)(=O)[O-])O[C@@H]3CSCCS(=O)(=O)[O-].[Na+].[Na+].[Na+].[Na+].[Na+].[Na+].[Na+].